The lowest BCUT2D eigenvalue weighted by molar-refractivity contribution is -0.151. The van der Waals surface area contributed by atoms with E-state index in [9.17, 15) is 14.4 Å². The Balaban J connectivity index is 1.73. The molecule has 0 saturated carbocycles. The van der Waals surface area contributed by atoms with Crippen molar-refractivity contribution in [2.45, 2.75) is 38.8 Å². The quantitative estimate of drug-likeness (QED) is 0.733. The molecule has 0 aromatic heterocycles. The molecule has 1 aromatic rings. The number of hydrogen-bond acceptors (Lipinski definition) is 6. The van der Waals surface area contributed by atoms with Gasteiger partial charge in [0, 0.05) is 13.1 Å². The van der Waals surface area contributed by atoms with Gasteiger partial charge < -0.3 is 20.1 Å². The first-order chi connectivity index (χ1) is 12.5. The van der Waals surface area contributed by atoms with Crippen LogP contribution in [0.25, 0.3) is 0 Å². The third-order valence-corrected chi connectivity index (χ3v) is 4.37. The maximum Gasteiger partial charge on any atom is 0.309 e. The molecule has 2 rings (SSSR count). The zero-order chi connectivity index (χ0) is 18.9. The fourth-order valence-corrected chi connectivity index (χ4v) is 2.89. The zero-order valence-corrected chi connectivity index (χ0v) is 15.1. The van der Waals surface area contributed by atoms with Gasteiger partial charge in [0.25, 0.3) is 0 Å². The third-order valence-electron chi connectivity index (χ3n) is 4.37. The molecule has 1 heterocycles. The number of rotatable bonds is 7. The Hall–Kier alpha value is -2.41. The van der Waals surface area contributed by atoms with E-state index in [1.54, 1.807) is 11.8 Å². The number of nitrogens with two attached hydrogens (primary N) is 1. The number of carbonyl (C=O) groups is 3. The molecular weight excluding hydrogens is 336 g/mol. The lowest BCUT2D eigenvalue weighted by atomic mass is 9.96. The Bertz CT molecular complexity index is 612. The fraction of sp³-hybridized carbons (Fsp3) is 0.526. The molecule has 1 amide bonds. The molecule has 1 aliphatic rings. The smallest absolute Gasteiger partial charge is 0.309 e. The molecule has 1 aromatic carbocycles. The second-order valence-corrected chi connectivity index (χ2v) is 6.31. The summed E-state index contributed by atoms with van der Waals surface area (Å²) in [5.74, 6) is -1.18. The van der Waals surface area contributed by atoms with Crippen molar-refractivity contribution in [1.82, 2.24) is 4.90 Å². The van der Waals surface area contributed by atoms with Gasteiger partial charge >= 0.3 is 11.9 Å². The average Bonchev–Trinajstić information content (AvgIpc) is 2.67. The van der Waals surface area contributed by atoms with Crippen LogP contribution in [0.5, 0.6) is 0 Å². The van der Waals surface area contributed by atoms with Crippen LogP contribution in [-0.4, -0.2) is 48.5 Å². The number of piperidine rings is 1. The van der Waals surface area contributed by atoms with E-state index in [-0.39, 0.29) is 30.8 Å². The first kappa shape index (κ1) is 19.9. The van der Waals surface area contributed by atoms with Gasteiger partial charge in [-0.05, 0) is 25.3 Å². The minimum Gasteiger partial charge on any atom is -0.466 e. The number of nitrogens with zero attached hydrogens (tertiary/aromatic N) is 1. The van der Waals surface area contributed by atoms with E-state index in [4.69, 9.17) is 15.2 Å². The number of likely N-dealkylation sites (tertiary alicyclic amines) is 1. The molecule has 0 bridgehead atoms. The molecule has 1 aliphatic heterocycles. The minimum absolute atomic E-state index is 0.158. The van der Waals surface area contributed by atoms with Crippen LogP contribution in [-0.2, 0) is 30.5 Å². The van der Waals surface area contributed by atoms with Crippen molar-refractivity contribution in [2.24, 2.45) is 11.7 Å². The molecular formula is C19H26N2O5. The first-order valence-electron chi connectivity index (χ1n) is 8.91. The number of esters is 2. The molecule has 0 unspecified atom stereocenters. The molecule has 7 heteroatoms. The van der Waals surface area contributed by atoms with Gasteiger partial charge in [-0.25, -0.2) is 0 Å². The maximum absolute atomic E-state index is 12.4. The molecule has 0 spiro atoms. The summed E-state index contributed by atoms with van der Waals surface area (Å²) in [6.45, 7) is 3.16. The van der Waals surface area contributed by atoms with Crippen molar-refractivity contribution in [2.75, 3.05) is 19.7 Å². The molecule has 1 saturated heterocycles. The van der Waals surface area contributed by atoms with Crippen LogP contribution < -0.4 is 5.73 Å². The van der Waals surface area contributed by atoms with Gasteiger partial charge in [-0.1, -0.05) is 30.3 Å². The molecule has 2 N–H and O–H groups in total. The predicted octanol–water partition coefficient (Wildman–Crippen LogP) is 1.25. The molecule has 1 atom stereocenters. The van der Waals surface area contributed by atoms with E-state index in [0.717, 1.165) is 5.56 Å². The van der Waals surface area contributed by atoms with Gasteiger partial charge in [0.15, 0.2) is 0 Å². The first-order valence-corrected chi connectivity index (χ1v) is 8.91. The Kier molecular flexibility index (Phi) is 7.59. The highest BCUT2D eigenvalue weighted by atomic mass is 16.5. The highest BCUT2D eigenvalue weighted by molar-refractivity contribution is 5.86. The lowest BCUT2D eigenvalue weighted by Gasteiger charge is -2.32. The average molecular weight is 362 g/mol. The number of ether oxygens (including phenoxy) is 2. The largest absolute Gasteiger partial charge is 0.466 e. The Morgan fingerprint density at radius 3 is 2.42 bits per heavy atom. The second-order valence-electron chi connectivity index (χ2n) is 6.31. The second kappa shape index (κ2) is 9.91. The van der Waals surface area contributed by atoms with Crippen molar-refractivity contribution in [3.8, 4) is 0 Å². The van der Waals surface area contributed by atoms with Crippen LogP contribution in [0.4, 0.5) is 0 Å². The molecule has 142 valence electrons. The third kappa shape index (κ3) is 5.84. The molecule has 0 radical (unpaired) electrons. The number of amides is 1. The van der Waals surface area contributed by atoms with Crippen molar-refractivity contribution in [1.29, 1.82) is 0 Å². The standard InChI is InChI=1S/C19H26N2O5/c1-2-25-19(24)15-8-10-21(11-9-15)18(23)16(20)12-17(22)26-13-14-6-4-3-5-7-14/h3-7,15-16H,2,8-13,20H2,1H3/t16-/m0/s1. The molecule has 7 nitrogen and oxygen atoms in total. The van der Waals surface area contributed by atoms with Gasteiger partial charge in [-0.15, -0.1) is 0 Å². The summed E-state index contributed by atoms with van der Waals surface area (Å²) >= 11 is 0. The topological polar surface area (TPSA) is 98.9 Å². The monoisotopic (exact) mass is 362 g/mol. The van der Waals surface area contributed by atoms with Crippen LogP contribution in [0.2, 0.25) is 0 Å². The van der Waals surface area contributed by atoms with Gasteiger partial charge in [0.05, 0.1) is 25.0 Å². The highest BCUT2D eigenvalue weighted by Gasteiger charge is 2.31. The fourth-order valence-electron chi connectivity index (χ4n) is 2.89. The summed E-state index contributed by atoms with van der Waals surface area (Å²) in [5, 5.41) is 0. The Morgan fingerprint density at radius 1 is 1.15 bits per heavy atom. The lowest BCUT2D eigenvalue weighted by Crippen LogP contribution is -2.48. The summed E-state index contributed by atoms with van der Waals surface area (Å²) < 4.78 is 10.2. The van der Waals surface area contributed by atoms with E-state index in [1.807, 2.05) is 30.3 Å². The van der Waals surface area contributed by atoms with Gasteiger partial charge in [0.2, 0.25) is 5.91 Å². The van der Waals surface area contributed by atoms with Crippen molar-refractivity contribution >= 4 is 17.8 Å². The van der Waals surface area contributed by atoms with E-state index in [2.05, 4.69) is 0 Å². The van der Waals surface area contributed by atoms with E-state index in [0.29, 0.717) is 32.5 Å². The molecule has 1 fully saturated rings. The SMILES string of the molecule is CCOC(=O)C1CCN(C(=O)[C@@H](N)CC(=O)OCc2ccccc2)CC1. The van der Waals surface area contributed by atoms with Crippen LogP contribution in [0.3, 0.4) is 0 Å². The molecule has 26 heavy (non-hydrogen) atoms. The van der Waals surface area contributed by atoms with E-state index in [1.165, 1.54) is 0 Å². The van der Waals surface area contributed by atoms with E-state index < -0.39 is 12.0 Å². The van der Waals surface area contributed by atoms with Crippen LogP contribution >= 0.6 is 0 Å². The van der Waals surface area contributed by atoms with Crippen molar-refractivity contribution in [3.63, 3.8) is 0 Å². The summed E-state index contributed by atoms with van der Waals surface area (Å²) in [5.41, 5.74) is 6.75. The summed E-state index contributed by atoms with van der Waals surface area (Å²) in [6.07, 6.45) is 0.939. The van der Waals surface area contributed by atoms with Crippen molar-refractivity contribution in [3.05, 3.63) is 35.9 Å². The maximum atomic E-state index is 12.4. The number of hydrogen-bond donors (Lipinski definition) is 1. The van der Waals surface area contributed by atoms with E-state index >= 15 is 0 Å². The van der Waals surface area contributed by atoms with Crippen LogP contribution in [0, 0.1) is 5.92 Å². The zero-order valence-electron chi connectivity index (χ0n) is 15.1. The Labute approximate surface area is 153 Å². The highest BCUT2D eigenvalue weighted by Crippen LogP contribution is 2.19. The Morgan fingerprint density at radius 2 is 1.81 bits per heavy atom. The van der Waals surface area contributed by atoms with Gasteiger partial charge in [-0.3, -0.25) is 14.4 Å². The number of benzene rings is 1. The summed E-state index contributed by atoms with van der Waals surface area (Å²) in [7, 11) is 0. The van der Waals surface area contributed by atoms with Gasteiger partial charge in [0.1, 0.15) is 6.61 Å². The van der Waals surface area contributed by atoms with Gasteiger partial charge in [-0.2, -0.15) is 0 Å². The molecule has 0 aliphatic carbocycles. The number of carbonyl (C=O) groups excluding carboxylic acids is 3. The normalized spacial score (nSPS) is 16.0. The summed E-state index contributed by atoms with van der Waals surface area (Å²) in [6, 6.07) is 8.37. The van der Waals surface area contributed by atoms with Crippen LogP contribution in [0.1, 0.15) is 31.7 Å². The van der Waals surface area contributed by atoms with Crippen LogP contribution in [0.15, 0.2) is 30.3 Å². The minimum atomic E-state index is -0.933. The summed E-state index contributed by atoms with van der Waals surface area (Å²) in [4.78, 5) is 37.6. The van der Waals surface area contributed by atoms with Crippen molar-refractivity contribution < 1.29 is 23.9 Å². The predicted molar refractivity (Wildman–Crippen MR) is 94.8 cm³/mol.